The zero-order valence-corrected chi connectivity index (χ0v) is 26.3. The van der Waals surface area contributed by atoms with E-state index in [-0.39, 0.29) is 77.6 Å². The van der Waals surface area contributed by atoms with Crippen LogP contribution in [0.4, 0.5) is 0 Å². The number of nitrogens with zero attached hydrogens (tertiary/aromatic N) is 3. The second-order valence-corrected chi connectivity index (χ2v) is 11.9. The number of benzene rings is 8. The van der Waals surface area contributed by atoms with Crippen LogP contribution in [0.5, 0.6) is 0 Å². The molecular formula is C48H31N3. The topological polar surface area (TPSA) is 14.8 Å². The van der Waals surface area contributed by atoms with Crippen molar-refractivity contribution in [3.05, 3.63) is 188 Å². The van der Waals surface area contributed by atoms with Gasteiger partial charge in [-0.25, -0.2) is 0 Å². The fourth-order valence-electron chi connectivity index (χ4n) is 7.16. The Hall–Kier alpha value is -6.84. The van der Waals surface area contributed by atoms with Crippen LogP contribution in [-0.2, 0) is 0 Å². The summed E-state index contributed by atoms with van der Waals surface area (Å²) in [5, 5.41) is -0.00563. The highest BCUT2D eigenvalue weighted by molar-refractivity contribution is 6.13. The molecule has 51 heavy (non-hydrogen) atoms. The average Bonchev–Trinajstić information content (AvgIpc) is 4.03. The van der Waals surface area contributed by atoms with E-state index >= 15 is 0 Å². The first-order valence-corrected chi connectivity index (χ1v) is 16.0. The van der Waals surface area contributed by atoms with Crippen LogP contribution < -0.4 is 0 Å². The quantitative estimate of drug-likeness (QED) is 0.177. The third kappa shape index (κ3) is 4.06. The first kappa shape index (κ1) is 15.4. The van der Waals surface area contributed by atoms with Crippen LogP contribution in [0, 0.1) is 0 Å². The minimum Gasteiger partial charge on any atom is -0.309 e. The minimum atomic E-state index is -0.630. The molecule has 11 aromatic rings. The molecule has 0 fully saturated rings. The van der Waals surface area contributed by atoms with E-state index < -0.39 is 109 Å². The fourth-order valence-corrected chi connectivity index (χ4v) is 7.16. The zero-order valence-electron chi connectivity index (χ0n) is 45.3. The monoisotopic (exact) mass is 668 g/mol. The number of hydrogen-bond donors (Lipinski definition) is 0. The molecule has 0 saturated carbocycles. The normalized spacial score (nSPS) is 17.1. The van der Waals surface area contributed by atoms with E-state index in [0.29, 0.717) is 22.0 Å². The van der Waals surface area contributed by atoms with Gasteiger partial charge in [-0.15, -0.1) is 0 Å². The van der Waals surface area contributed by atoms with Crippen LogP contribution in [0.1, 0.15) is 26.0 Å². The standard InChI is InChI=1S/C48H31N3/c1-7-22-42(51-46-26-11-4-19-38(46)39-20-5-12-27-47(39)51)35(16-1)32-14-13-15-33(30-32)49-45-25-10-6-21-40(45)41-31-34(28-29-48(41)49)50-43-23-8-2-17-36(43)37-18-3-9-24-44(37)50/h1-31H/i2D,4D,5D,6D,8D,10D,11D,12D,17D,19D,20D,21D,23D,25D,26D,27D,28D,29D,31D. The highest BCUT2D eigenvalue weighted by Gasteiger charge is 2.18. The molecule has 0 aliphatic rings. The molecule has 0 spiro atoms. The molecule has 3 aromatic heterocycles. The van der Waals surface area contributed by atoms with Crippen molar-refractivity contribution >= 4 is 65.4 Å². The molecule has 0 N–H and O–H groups in total. The van der Waals surface area contributed by atoms with Gasteiger partial charge in [-0.05, 0) is 72.1 Å². The van der Waals surface area contributed by atoms with Crippen molar-refractivity contribution in [2.75, 3.05) is 0 Å². The minimum absolute atomic E-state index is 0.0562. The Morgan fingerprint density at radius 3 is 1.59 bits per heavy atom. The smallest absolute Gasteiger partial charge is 0.0652 e. The summed E-state index contributed by atoms with van der Waals surface area (Å²) in [6.45, 7) is 0. The first-order chi connectivity index (χ1) is 33.2. The van der Waals surface area contributed by atoms with Gasteiger partial charge in [0, 0.05) is 49.3 Å². The number of fused-ring (bicyclic) bond motifs is 9. The maximum absolute atomic E-state index is 9.92. The molecule has 0 aliphatic carbocycles. The number of rotatable bonds is 4. The van der Waals surface area contributed by atoms with Gasteiger partial charge in [0.2, 0.25) is 0 Å². The Bertz CT molecular complexity index is 4170. The summed E-state index contributed by atoms with van der Waals surface area (Å²) in [6.07, 6.45) is 0. The molecule has 0 saturated heterocycles. The largest absolute Gasteiger partial charge is 0.309 e. The van der Waals surface area contributed by atoms with Crippen LogP contribution in [0.25, 0.3) is 93.6 Å². The summed E-state index contributed by atoms with van der Waals surface area (Å²) < 4.78 is 174. The number of para-hydroxylation sites is 6. The lowest BCUT2D eigenvalue weighted by molar-refractivity contribution is 1.16. The lowest BCUT2D eigenvalue weighted by Crippen LogP contribution is -1.98. The SMILES string of the molecule is [2H]c1c([2H])c([2H])c2c(c1[2H])c1ccccc1n2-c1c([2H])c([2H])c2c(c1[2H])c1c([2H])c([2H])c([2H])c([2H])c1n2-c1cccc(-c2ccccc2-n2c3c([2H])c([2H])c([2H])c([2H])c3c3c([2H])c([2H])c([2H])c([2H])c32)c1. The van der Waals surface area contributed by atoms with Gasteiger partial charge < -0.3 is 13.7 Å². The molecule has 0 unspecified atom stereocenters. The average molecular weight is 669 g/mol. The van der Waals surface area contributed by atoms with Crippen molar-refractivity contribution < 1.29 is 26.0 Å². The maximum atomic E-state index is 9.92. The van der Waals surface area contributed by atoms with E-state index in [1.54, 1.807) is 72.8 Å². The van der Waals surface area contributed by atoms with Crippen molar-refractivity contribution in [1.29, 1.82) is 0 Å². The van der Waals surface area contributed by atoms with Crippen LogP contribution in [0.3, 0.4) is 0 Å². The van der Waals surface area contributed by atoms with Gasteiger partial charge in [0.15, 0.2) is 0 Å². The van der Waals surface area contributed by atoms with E-state index in [0.717, 1.165) is 0 Å². The molecule has 0 aliphatic heterocycles. The van der Waals surface area contributed by atoms with Gasteiger partial charge in [-0.1, -0.05) is 121 Å². The molecule has 11 rings (SSSR count). The maximum Gasteiger partial charge on any atom is 0.0652 e. The second kappa shape index (κ2) is 10.8. The molecular weight excluding hydrogens is 619 g/mol. The summed E-state index contributed by atoms with van der Waals surface area (Å²) in [6, 6.07) is 9.76. The molecule has 0 amide bonds. The summed E-state index contributed by atoms with van der Waals surface area (Å²) in [4.78, 5) is 0. The van der Waals surface area contributed by atoms with E-state index in [9.17, 15) is 6.85 Å². The predicted molar refractivity (Wildman–Crippen MR) is 215 cm³/mol. The molecule has 3 heteroatoms. The van der Waals surface area contributed by atoms with Crippen molar-refractivity contribution in [2.45, 2.75) is 0 Å². The lowest BCUT2D eigenvalue weighted by Gasteiger charge is -2.15. The Labute approximate surface area is 321 Å². The van der Waals surface area contributed by atoms with E-state index in [1.165, 1.54) is 13.7 Å². The van der Waals surface area contributed by atoms with Gasteiger partial charge in [0.25, 0.3) is 0 Å². The van der Waals surface area contributed by atoms with Crippen molar-refractivity contribution in [3.63, 3.8) is 0 Å². The third-order valence-electron chi connectivity index (χ3n) is 9.27. The van der Waals surface area contributed by atoms with Gasteiger partial charge >= 0.3 is 0 Å². The van der Waals surface area contributed by atoms with Crippen molar-refractivity contribution in [3.8, 4) is 28.2 Å². The molecule has 8 aromatic carbocycles. The van der Waals surface area contributed by atoms with Gasteiger partial charge in [0.1, 0.15) is 0 Å². The lowest BCUT2D eigenvalue weighted by atomic mass is 10.0. The van der Waals surface area contributed by atoms with Crippen LogP contribution in [-0.4, -0.2) is 13.7 Å². The van der Waals surface area contributed by atoms with Gasteiger partial charge in [-0.3, -0.25) is 0 Å². The molecule has 0 atom stereocenters. The van der Waals surface area contributed by atoms with E-state index in [4.69, 9.17) is 19.2 Å². The van der Waals surface area contributed by atoms with E-state index in [1.807, 2.05) is 0 Å². The predicted octanol–water partition coefficient (Wildman–Crippen LogP) is 12.6. The number of hydrogen-bond acceptors (Lipinski definition) is 0. The Balaban J connectivity index is 1.25. The molecule has 3 nitrogen and oxygen atoms in total. The van der Waals surface area contributed by atoms with E-state index in [2.05, 4.69) is 0 Å². The van der Waals surface area contributed by atoms with Crippen molar-refractivity contribution in [1.82, 2.24) is 13.7 Å². The third-order valence-corrected chi connectivity index (χ3v) is 9.27. The highest BCUT2D eigenvalue weighted by Crippen LogP contribution is 2.39. The molecule has 238 valence electrons. The van der Waals surface area contributed by atoms with Gasteiger partial charge in [0.05, 0.1) is 64.8 Å². The Morgan fingerprint density at radius 1 is 0.353 bits per heavy atom. The summed E-state index contributed by atoms with van der Waals surface area (Å²) in [5.41, 5.74) is 0.749. The molecule has 3 heterocycles. The van der Waals surface area contributed by atoms with Crippen molar-refractivity contribution in [2.24, 2.45) is 0 Å². The van der Waals surface area contributed by atoms with Crippen LogP contribution >= 0.6 is 0 Å². The molecule has 0 bridgehead atoms. The Kier molecular flexibility index (Phi) is 3.26. The fraction of sp³-hybridized carbons (Fsp3) is 0. The number of aromatic nitrogens is 3. The second-order valence-electron chi connectivity index (χ2n) is 11.9. The zero-order chi connectivity index (χ0) is 50.0. The Morgan fingerprint density at radius 2 is 0.882 bits per heavy atom. The highest BCUT2D eigenvalue weighted by atomic mass is 15.0. The van der Waals surface area contributed by atoms with Gasteiger partial charge in [-0.2, -0.15) is 0 Å². The van der Waals surface area contributed by atoms with Crippen LogP contribution in [0.15, 0.2) is 188 Å². The first-order valence-electron chi connectivity index (χ1n) is 25.5. The van der Waals surface area contributed by atoms with Crippen LogP contribution in [0.2, 0.25) is 0 Å². The molecule has 0 radical (unpaired) electrons. The summed E-state index contributed by atoms with van der Waals surface area (Å²) in [7, 11) is 0. The summed E-state index contributed by atoms with van der Waals surface area (Å²) in [5.74, 6) is 0. The summed E-state index contributed by atoms with van der Waals surface area (Å²) >= 11 is 0.